The molecule has 0 amide bonds. The van der Waals surface area contributed by atoms with Crippen molar-refractivity contribution >= 4 is 32.8 Å². The summed E-state index contributed by atoms with van der Waals surface area (Å²) in [7, 11) is 4.00. The van der Waals surface area contributed by atoms with Crippen LogP contribution in [-0.2, 0) is 7.05 Å². The molecule has 0 saturated heterocycles. The molecule has 0 unspecified atom stereocenters. The molecule has 0 spiro atoms. The Hall–Kier alpha value is -1.17. The maximum Gasteiger partial charge on any atom is 0.163 e. The molecule has 2 heterocycles. The van der Waals surface area contributed by atoms with Crippen LogP contribution in [0.4, 0.5) is 5.82 Å². The molecular formula is C12H16BrN5. The minimum Gasteiger partial charge on any atom is -0.359 e. The summed E-state index contributed by atoms with van der Waals surface area (Å²) in [6, 6.07) is 0. The highest BCUT2D eigenvalue weighted by Gasteiger charge is 2.28. The minimum absolute atomic E-state index is 0.708. The first kappa shape index (κ1) is 11.9. The fourth-order valence-electron chi connectivity index (χ4n) is 2.53. The Balaban J connectivity index is 1.84. The molecule has 18 heavy (non-hydrogen) atoms. The van der Waals surface area contributed by atoms with Crippen LogP contribution >= 0.6 is 15.9 Å². The van der Waals surface area contributed by atoms with E-state index in [1.54, 1.807) is 11.0 Å². The van der Waals surface area contributed by atoms with Gasteiger partial charge in [-0.15, -0.1) is 0 Å². The first-order valence-corrected chi connectivity index (χ1v) is 7.04. The molecule has 1 aliphatic carbocycles. The Morgan fingerprint density at radius 3 is 2.94 bits per heavy atom. The third kappa shape index (κ3) is 1.98. The van der Waals surface area contributed by atoms with Crippen molar-refractivity contribution in [2.24, 2.45) is 13.0 Å². The molecular weight excluding hydrogens is 294 g/mol. The van der Waals surface area contributed by atoms with Gasteiger partial charge in [-0.3, -0.25) is 4.68 Å². The standard InChI is InChI=1S/C12H16BrN5/c1-17(6-8-3-9(13)4-8)11-10-5-16-18(2)12(10)15-7-14-11/h5,7-9H,3-4,6H2,1-2H3. The van der Waals surface area contributed by atoms with Gasteiger partial charge in [0.25, 0.3) is 0 Å². The maximum atomic E-state index is 4.40. The minimum atomic E-state index is 0.708. The summed E-state index contributed by atoms with van der Waals surface area (Å²) in [6.45, 7) is 1.04. The summed E-state index contributed by atoms with van der Waals surface area (Å²) in [6.07, 6.45) is 5.97. The van der Waals surface area contributed by atoms with Gasteiger partial charge in [-0.1, -0.05) is 15.9 Å². The van der Waals surface area contributed by atoms with Gasteiger partial charge in [0.1, 0.15) is 12.1 Å². The lowest BCUT2D eigenvalue weighted by atomic mass is 9.85. The molecule has 1 saturated carbocycles. The predicted octanol–water partition coefficient (Wildman–Crippen LogP) is 1.97. The van der Waals surface area contributed by atoms with E-state index in [2.05, 4.69) is 42.9 Å². The van der Waals surface area contributed by atoms with Crippen molar-refractivity contribution < 1.29 is 0 Å². The van der Waals surface area contributed by atoms with E-state index < -0.39 is 0 Å². The van der Waals surface area contributed by atoms with Crippen LogP contribution in [0.5, 0.6) is 0 Å². The second kappa shape index (κ2) is 4.50. The van der Waals surface area contributed by atoms with Crippen LogP contribution in [0, 0.1) is 5.92 Å². The van der Waals surface area contributed by atoms with Gasteiger partial charge in [0.05, 0.1) is 11.6 Å². The second-order valence-corrected chi connectivity index (χ2v) is 6.31. The van der Waals surface area contributed by atoms with E-state index in [0.717, 1.165) is 29.3 Å². The largest absolute Gasteiger partial charge is 0.359 e. The lowest BCUT2D eigenvalue weighted by Gasteiger charge is -2.34. The summed E-state index contributed by atoms with van der Waals surface area (Å²) < 4.78 is 1.78. The highest BCUT2D eigenvalue weighted by atomic mass is 79.9. The van der Waals surface area contributed by atoms with Crippen LogP contribution in [0.15, 0.2) is 12.5 Å². The lowest BCUT2D eigenvalue weighted by molar-refractivity contribution is 0.339. The molecule has 1 aliphatic rings. The van der Waals surface area contributed by atoms with Gasteiger partial charge in [-0.2, -0.15) is 5.10 Å². The number of halogens is 1. The molecule has 0 aliphatic heterocycles. The second-order valence-electron chi connectivity index (χ2n) is 5.02. The molecule has 1 fully saturated rings. The highest BCUT2D eigenvalue weighted by molar-refractivity contribution is 9.09. The van der Waals surface area contributed by atoms with E-state index in [1.165, 1.54) is 12.8 Å². The van der Waals surface area contributed by atoms with Crippen molar-refractivity contribution in [3.05, 3.63) is 12.5 Å². The van der Waals surface area contributed by atoms with Crippen molar-refractivity contribution in [1.82, 2.24) is 19.7 Å². The van der Waals surface area contributed by atoms with E-state index in [1.807, 2.05) is 13.2 Å². The smallest absolute Gasteiger partial charge is 0.163 e. The summed E-state index contributed by atoms with van der Waals surface area (Å²) in [5, 5.41) is 5.27. The van der Waals surface area contributed by atoms with Crippen LogP contribution in [0.2, 0.25) is 0 Å². The number of nitrogens with zero attached hydrogens (tertiary/aromatic N) is 5. The number of rotatable bonds is 3. The average Bonchev–Trinajstić information content (AvgIpc) is 2.69. The molecule has 0 bridgehead atoms. The Labute approximate surface area is 114 Å². The number of aromatic nitrogens is 4. The molecule has 96 valence electrons. The Morgan fingerprint density at radius 2 is 2.22 bits per heavy atom. The van der Waals surface area contributed by atoms with Crippen LogP contribution in [-0.4, -0.2) is 38.2 Å². The van der Waals surface area contributed by atoms with Crippen LogP contribution in [0.1, 0.15) is 12.8 Å². The monoisotopic (exact) mass is 309 g/mol. The van der Waals surface area contributed by atoms with Gasteiger partial charge in [-0.05, 0) is 18.8 Å². The molecule has 2 aromatic heterocycles. The first-order chi connectivity index (χ1) is 8.65. The van der Waals surface area contributed by atoms with E-state index in [9.17, 15) is 0 Å². The Kier molecular flexibility index (Phi) is 2.97. The molecule has 0 aromatic carbocycles. The van der Waals surface area contributed by atoms with Gasteiger partial charge in [-0.25, -0.2) is 9.97 Å². The van der Waals surface area contributed by atoms with Crippen molar-refractivity contribution in [3.8, 4) is 0 Å². The Morgan fingerprint density at radius 1 is 1.44 bits per heavy atom. The number of hydrogen-bond acceptors (Lipinski definition) is 4. The van der Waals surface area contributed by atoms with E-state index in [-0.39, 0.29) is 0 Å². The van der Waals surface area contributed by atoms with Gasteiger partial charge in [0.2, 0.25) is 0 Å². The number of hydrogen-bond donors (Lipinski definition) is 0. The van der Waals surface area contributed by atoms with Crippen molar-refractivity contribution in [2.45, 2.75) is 17.7 Å². The third-order valence-corrected chi connectivity index (χ3v) is 4.33. The zero-order chi connectivity index (χ0) is 12.7. The van der Waals surface area contributed by atoms with Crippen LogP contribution < -0.4 is 4.90 Å². The van der Waals surface area contributed by atoms with Gasteiger partial charge >= 0.3 is 0 Å². The molecule has 2 aromatic rings. The number of aryl methyl sites for hydroxylation is 1. The molecule has 3 rings (SSSR count). The molecule has 0 N–H and O–H groups in total. The third-order valence-electron chi connectivity index (χ3n) is 3.58. The van der Waals surface area contributed by atoms with Crippen LogP contribution in [0.3, 0.4) is 0 Å². The topological polar surface area (TPSA) is 46.8 Å². The Bertz CT molecular complexity index is 561. The van der Waals surface area contributed by atoms with Gasteiger partial charge < -0.3 is 4.90 Å². The highest BCUT2D eigenvalue weighted by Crippen LogP contribution is 2.34. The average molecular weight is 310 g/mol. The number of alkyl halides is 1. The molecule has 6 heteroatoms. The maximum absolute atomic E-state index is 4.40. The fraction of sp³-hybridized carbons (Fsp3) is 0.583. The number of fused-ring (bicyclic) bond motifs is 1. The predicted molar refractivity (Wildman–Crippen MR) is 75.0 cm³/mol. The van der Waals surface area contributed by atoms with Crippen LogP contribution in [0.25, 0.3) is 11.0 Å². The lowest BCUT2D eigenvalue weighted by Crippen LogP contribution is -2.35. The molecule has 0 radical (unpaired) electrons. The normalized spacial score (nSPS) is 23.1. The first-order valence-electron chi connectivity index (χ1n) is 6.13. The SMILES string of the molecule is CN(CC1CC(Br)C1)c1ncnc2c1cnn2C. The fourth-order valence-corrected chi connectivity index (χ4v) is 3.59. The summed E-state index contributed by atoms with van der Waals surface area (Å²) in [5.41, 5.74) is 0.888. The van der Waals surface area contributed by atoms with Crippen molar-refractivity contribution in [2.75, 3.05) is 18.5 Å². The van der Waals surface area contributed by atoms with Crippen molar-refractivity contribution in [1.29, 1.82) is 0 Å². The van der Waals surface area contributed by atoms with E-state index >= 15 is 0 Å². The molecule has 0 atom stereocenters. The molecule has 5 nitrogen and oxygen atoms in total. The van der Waals surface area contributed by atoms with E-state index in [0.29, 0.717) is 4.83 Å². The number of anilines is 1. The summed E-state index contributed by atoms with van der Waals surface area (Å²) in [4.78, 5) is 11.6. The zero-order valence-electron chi connectivity index (χ0n) is 10.5. The summed E-state index contributed by atoms with van der Waals surface area (Å²) in [5.74, 6) is 1.74. The zero-order valence-corrected chi connectivity index (χ0v) is 12.1. The van der Waals surface area contributed by atoms with Gasteiger partial charge in [0.15, 0.2) is 5.65 Å². The van der Waals surface area contributed by atoms with Crippen molar-refractivity contribution in [3.63, 3.8) is 0 Å². The quantitative estimate of drug-likeness (QED) is 0.813. The van der Waals surface area contributed by atoms with E-state index in [4.69, 9.17) is 0 Å². The van der Waals surface area contributed by atoms with Gasteiger partial charge in [0, 0.05) is 25.5 Å². The summed E-state index contributed by atoms with van der Waals surface area (Å²) >= 11 is 3.63.